The first-order valence-corrected chi connectivity index (χ1v) is 23.4. The molecule has 2 saturated heterocycles. The van der Waals surface area contributed by atoms with Crippen LogP contribution in [-0.4, -0.2) is 117 Å². The van der Waals surface area contributed by atoms with Gasteiger partial charge in [-0.2, -0.15) is 8.78 Å². The molecule has 2 aromatic carbocycles. The minimum absolute atomic E-state index is 0.00155. The number of carbonyl (C=O) groups is 5. The number of nitrogens with zero attached hydrogens (tertiary/aromatic N) is 5. The summed E-state index contributed by atoms with van der Waals surface area (Å²) in [5.41, 5.74) is 7.75. The number of alkyl halides is 2. The number of benzene rings is 2. The minimum Gasteiger partial charge on any atom is -0.508 e. The molecule has 6 bridgehead atoms. The average molecular weight is 940 g/mol. The lowest BCUT2D eigenvalue weighted by Crippen LogP contribution is -2.62. The maximum Gasteiger partial charge on any atom is 0.345 e. The number of phenolic OH excluding ortho intramolecular Hbond substituents is 1. The number of likely N-dealkylation sites (N-methyl/N-ethyl adjacent to an activating group) is 1. The van der Waals surface area contributed by atoms with Gasteiger partial charge in [-0.3, -0.25) is 34.0 Å². The molecule has 2 fully saturated rings. The molecule has 2 aromatic heterocycles. The van der Waals surface area contributed by atoms with Crippen LogP contribution in [0.3, 0.4) is 0 Å². The van der Waals surface area contributed by atoms with E-state index in [1.165, 1.54) is 22.1 Å². The van der Waals surface area contributed by atoms with Gasteiger partial charge in [0.05, 0.1) is 23.9 Å². The number of pyridine rings is 1. The molecule has 5 atom stereocenters. The third kappa shape index (κ3) is 10.6. The second-order valence-electron chi connectivity index (χ2n) is 19.3. The Bertz CT molecular complexity index is 2580. The number of ether oxygens (including phenoxy) is 2. The van der Waals surface area contributed by atoms with Gasteiger partial charge in [0.25, 0.3) is 5.91 Å². The molecule has 3 N–H and O–H groups in total. The summed E-state index contributed by atoms with van der Waals surface area (Å²) < 4.78 is 40.4. The second kappa shape index (κ2) is 20.6. The number of amides is 4. The highest BCUT2D eigenvalue weighted by molar-refractivity contribution is 5.96. The highest BCUT2D eigenvalue weighted by Crippen LogP contribution is 2.42. The van der Waals surface area contributed by atoms with Crippen LogP contribution in [0.2, 0.25) is 0 Å². The van der Waals surface area contributed by atoms with Crippen molar-refractivity contribution >= 4 is 40.5 Å². The van der Waals surface area contributed by atoms with Crippen molar-refractivity contribution in [2.45, 2.75) is 111 Å². The Kier molecular flexibility index (Phi) is 15.0. The van der Waals surface area contributed by atoms with Crippen molar-refractivity contribution in [2.24, 2.45) is 17.3 Å². The standard InChI is InChI=1S/C51H63F2N7O8/c1-9-42(62)58-20-17-33(27-58)47(64)57(8)44(29(3)4)46(63)55-40-23-31-21-34(24-35(61)22-31)32-15-16-41-37(25-32)38(26-51(6,7)28-67-49(66)39-14-12-19-60(56-39)48(40)65)45(59(41)10-2)36-13-11-18-54-43(36)30(5)68-50(52)53/h9,11,13,15-16,18,21-22,24-25,29-30,33,39-40,44,50,56,61H,1,10,12,14,17,19-20,23,26-28H2,2-8H3,(H,55,63)/t30-,33-,39-,40-,44-/m0/s1. The van der Waals surface area contributed by atoms with Gasteiger partial charge in [0.15, 0.2) is 0 Å². The van der Waals surface area contributed by atoms with E-state index in [9.17, 15) is 37.9 Å². The van der Waals surface area contributed by atoms with Gasteiger partial charge in [-0.25, -0.2) is 5.43 Å². The van der Waals surface area contributed by atoms with E-state index in [-0.39, 0.29) is 49.6 Å². The van der Waals surface area contributed by atoms with Gasteiger partial charge in [-0.1, -0.05) is 46.4 Å². The van der Waals surface area contributed by atoms with E-state index in [1.54, 1.807) is 37.2 Å². The van der Waals surface area contributed by atoms with E-state index < -0.39 is 60.0 Å². The molecule has 68 heavy (non-hydrogen) atoms. The van der Waals surface area contributed by atoms with Crippen molar-refractivity contribution in [1.29, 1.82) is 0 Å². The molecule has 7 rings (SSSR count). The summed E-state index contributed by atoms with van der Waals surface area (Å²) >= 11 is 0. The fourth-order valence-electron chi connectivity index (χ4n) is 10.1. The minimum atomic E-state index is -3.02. The Hall–Kier alpha value is -6.20. The number of esters is 1. The summed E-state index contributed by atoms with van der Waals surface area (Å²) in [6, 6.07) is 11.5. The third-order valence-corrected chi connectivity index (χ3v) is 13.3. The number of phenols is 1. The van der Waals surface area contributed by atoms with Crippen molar-refractivity contribution in [1.82, 2.24) is 35.1 Å². The van der Waals surface area contributed by atoms with Crippen LogP contribution in [0.1, 0.15) is 83.7 Å². The lowest BCUT2D eigenvalue weighted by Gasteiger charge is -2.37. The molecule has 0 aliphatic carbocycles. The maximum absolute atomic E-state index is 14.7. The number of likely N-dealkylation sites (tertiary alicyclic amines) is 1. The van der Waals surface area contributed by atoms with Gasteiger partial charge < -0.3 is 34.3 Å². The zero-order valence-corrected chi connectivity index (χ0v) is 39.9. The third-order valence-electron chi connectivity index (χ3n) is 13.3. The van der Waals surface area contributed by atoms with Gasteiger partial charge in [-0.05, 0) is 110 Å². The number of carbonyl (C=O) groups excluding carboxylic acids is 5. The summed E-state index contributed by atoms with van der Waals surface area (Å²) in [7, 11) is 1.55. The molecule has 0 spiro atoms. The number of hydrogen-bond acceptors (Lipinski definition) is 10. The highest BCUT2D eigenvalue weighted by Gasteiger charge is 2.40. The van der Waals surface area contributed by atoms with E-state index in [2.05, 4.69) is 26.9 Å². The number of aromatic nitrogens is 2. The topological polar surface area (TPSA) is 176 Å². The number of aryl methyl sites for hydroxylation is 1. The number of fused-ring (bicyclic) bond motifs is 6. The zero-order chi connectivity index (χ0) is 49.2. The Morgan fingerprint density at radius 3 is 2.56 bits per heavy atom. The SMILES string of the molecule is C=CC(=O)N1CC[C@H](C(=O)N(C)[C@H](C(=O)N[C@H]2Cc3cc(O)cc(c3)-c3ccc4c(c3)c(c(-c3cccnc3[C@H](C)OC(F)F)n4CC)CC(C)(C)COC(=O)[C@@H]3CCCN(N3)C2=O)C(C)C)C1. The molecule has 5 heterocycles. The van der Waals surface area contributed by atoms with Crippen molar-refractivity contribution < 1.29 is 47.3 Å². The largest absolute Gasteiger partial charge is 0.508 e. The summed E-state index contributed by atoms with van der Waals surface area (Å²) in [4.78, 5) is 76.8. The van der Waals surface area contributed by atoms with Gasteiger partial charge >= 0.3 is 12.6 Å². The normalized spacial score (nSPS) is 20.8. The molecule has 3 aliphatic rings. The summed E-state index contributed by atoms with van der Waals surface area (Å²) in [6.45, 7) is 13.0. The first-order valence-electron chi connectivity index (χ1n) is 23.4. The number of aromatic hydroxyl groups is 1. The fraction of sp³-hybridized carbons (Fsp3) is 0.490. The lowest BCUT2D eigenvalue weighted by atomic mass is 9.84. The Morgan fingerprint density at radius 2 is 1.85 bits per heavy atom. The maximum atomic E-state index is 14.7. The monoisotopic (exact) mass is 939 g/mol. The van der Waals surface area contributed by atoms with Crippen LogP contribution < -0.4 is 10.7 Å². The van der Waals surface area contributed by atoms with Gasteiger partial charge in [0.1, 0.15) is 30.0 Å². The van der Waals surface area contributed by atoms with E-state index >= 15 is 0 Å². The number of halogens is 2. The predicted molar refractivity (Wildman–Crippen MR) is 252 cm³/mol. The summed E-state index contributed by atoms with van der Waals surface area (Å²) in [5.74, 6) is -3.18. The number of hydrogen-bond donors (Lipinski definition) is 3. The van der Waals surface area contributed by atoms with Crippen molar-refractivity contribution in [3.05, 3.63) is 84.2 Å². The van der Waals surface area contributed by atoms with Crippen LogP contribution in [0.25, 0.3) is 33.3 Å². The smallest absolute Gasteiger partial charge is 0.345 e. The van der Waals surface area contributed by atoms with Gasteiger partial charge in [-0.15, -0.1) is 0 Å². The highest BCUT2D eigenvalue weighted by atomic mass is 19.3. The Balaban J connectivity index is 1.31. The van der Waals surface area contributed by atoms with Crippen molar-refractivity contribution in [3.8, 4) is 28.1 Å². The van der Waals surface area contributed by atoms with Crippen molar-refractivity contribution in [3.63, 3.8) is 0 Å². The van der Waals surface area contributed by atoms with Crippen molar-refractivity contribution in [2.75, 3.05) is 33.3 Å². The van der Waals surface area contributed by atoms with Crippen LogP contribution in [0.5, 0.6) is 5.75 Å². The number of cyclic esters (lactones) is 1. The first kappa shape index (κ1) is 49.7. The molecule has 4 amide bonds. The molecule has 3 aliphatic heterocycles. The van der Waals surface area contributed by atoms with E-state index in [1.807, 2.05) is 65.0 Å². The number of rotatable bonds is 11. The molecule has 0 saturated carbocycles. The summed E-state index contributed by atoms with van der Waals surface area (Å²) in [6.07, 6.45) is 3.31. The fourth-order valence-corrected chi connectivity index (χ4v) is 10.1. The van der Waals surface area contributed by atoms with Gasteiger partial charge in [0.2, 0.25) is 17.7 Å². The predicted octanol–water partition coefficient (Wildman–Crippen LogP) is 6.56. The molecule has 0 radical (unpaired) electrons. The first-order chi connectivity index (χ1) is 32.3. The molecular formula is C51H63F2N7O8. The van der Waals surface area contributed by atoms with Crippen LogP contribution >= 0.6 is 0 Å². The van der Waals surface area contributed by atoms with Crippen LogP contribution in [0, 0.1) is 17.3 Å². The molecular weight excluding hydrogens is 877 g/mol. The number of nitrogens with one attached hydrogen (secondary N) is 2. The Labute approximate surface area is 395 Å². The van der Waals surface area contributed by atoms with Crippen LogP contribution in [0.15, 0.2) is 67.4 Å². The second-order valence-corrected chi connectivity index (χ2v) is 19.3. The van der Waals surface area contributed by atoms with E-state index in [0.29, 0.717) is 61.2 Å². The molecule has 0 unspecified atom stereocenters. The average Bonchev–Trinajstić information content (AvgIpc) is 3.92. The van der Waals surface area contributed by atoms with Crippen LogP contribution in [0.4, 0.5) is 8.78 Å². The lowest BCUT2D eigenvalue weighted by molar-refractivity contribution is -0.160. The van der Waals surface area contributed by atoms with E-state index in [4.69, 9.17) is 9.47 Å². The zero-order valence-electron chi connectivity index (χ0n) is 39.9. The summed E-state index contributed by atoms with van der Waals surface area (Å²) in [5, 5.41) is 16.5. The van der Waals surface area contributed by atoms with Crippen LogP contribution in [-0.2, 0) is 52.8 Å². The number of hydrazine groups is 1. The molecule has 15 nitrogen and oxygen atoms in total. The van der Waals surface area contributed by atoms with Gasteiger partial charge in [0, 0.05) is 67.7 Å². The molecule has 17 heteroatoms. The van der Waals surface area contributed by atoms with E-state index in [0.717, 1.165) is 27.7 Å². The Morgan fingerprint density at radius 1 is 1.09 bits per heavy atom. The molecule has 364 valence electrons. The molecule has 4 aromatic rings. The quantitative estimate of drug-likeness (QED) is 0.110.